The monoisotopic (exact) mass is 195 g/mol. The molecule has 0 amide bonds. The van der Waals surface area contributed by atoms with Crippen LogP contribution in [-0.4, -0.2) is 5.60 Å². The van der Waals surface area contributed by atoms with Crippen LogP contribution in [0.3, 0.4) is 0 Å². The van der Waals surface area contributed by atoms with Crippen molar-refractivity contribution in [3.63, 3.8) is 0 Å². The van der Waals surface area contributed by atoms with Crippen molar-refractivity contribution >= 4 is 0 Å². The van der Waals surface area contributed by atoms with E-state index in [4.69, 9.17) is 7.05 Å². The minimum Gasteiger partial charge on any atom is -0.228 e. The highest BCUT2D eigenvalue weighted by Crippen LogP contribution is 2.07. The van der Waals surface area contributed by atoms with Gasteiger partial charge in [-0.05, 0) is 20.8 Å². The lowest BCUT2D eigenvalue weighted by molar-refractivity contribution is -0.326. The summed E-state index contributed by atoms with van der Waals surface area (Å²) in [5, 5.41) is 5.58. The van der Waals surface area contributed by atoms with Gasteiger partial charge in [-0.3, -0.25) is 0 Å². The van der Waals surface area contributed by atoms with Crippen LogP contribution >= 0.6 is 0 Å². The molecule has 0 fully saturated rings. The van der Waals surface area contributed by atoms with Gasteiger partial charge in [-0.1, -0.05) is 25.3 Å². The van der Waals surface area contributed by atoms with E-state index in [1.807, 2.05) is 27.5 Å². The number of allylic oxidation sites excluding steroid dienone is 2. The summed E-state index contributed by atoms with van der Waals surface area (Å²) in [5.41, 5.74) is -0.398. The van der Waals surface area contributed by atoms with E-state index in [1.54, 1.807) is 12.2 Å². The van der Waals surface area contributed by atoms with E-state index in [1.165, 1.54) is 0 Å². The molecule has 0 aliphatic rings. The van der Waals surface area contributed by atoms with E-state index in [0.29, 0.717) is 0 Å². The number of hydrogen-bond donors (Lipinski definition) is 0. The molecule has 5 radical (unpaired) electrons. The fourth-order valence-electron chi connectivity index (χ4n) is 0.181. The van der Waals surface area contributed by atoms with Crippen LogP contribution in [0.25, 0.3) is 0 Å². The van der Waals surface area contributed by atoms with Crippen molar-refractivity contribution in [3.05, 3.63) is 39.1 Å². The maximum absolute atomic E-state index is 6.20. The number of azo groups is 1. The summed E-state index contributed by atoms with van der Waals surface area (Å²) in [6, 6.07) is 0. The maximum atomic E-state index is 6.20. The molecule has 0 aliphatic carbocycles. The van der Waals surface area contributed by atoms with Crippen molar-refractivity contribution in [1.82, 2.24) is 0 Å². The van der Waals surface area contributed by atoms with Gasteiger partial charge in [-0.15, -0.1) is 5.11 Å². The standard InChI is InChI=1S/C6H9N2O2.C4H6/c1-6(2,3)10-9-5-8-7-4;1-3-4-2/h1-3H3;3-4H,1-2H2. The van der Waals surface area contributed by atoms with Gasteiger partial charge in [0, 0.05) is 0 Å². The summed E-state index contributed by atoms with van der Waals surface area (Å²) in [7, 11) is 6.20. The van der Waals surface area contributed by atoms with Crippen LogP contribution in [-0.2, 0) is 9.78 Å². The quantitative estimate of drug-likeness (QED) is 0.227. The van der Waals surface area contributed by atoms with Crippen LogP contribution in [0.5, 0.6) is 0 Å². The molecular weight excluding hydrogens is 180 g/mol. The predicted molar refractivity (Wildman–Crippen MR) is 53.7 cm³/mol. The molecular formula is C10H15N2O2. The van der Waals surface area contributed by atoms with Gasteiger partial charge < -0.3 is 0 Å². The summed E-state index contributed by atoms with van der Waals surface area (Å²) < 4.78 is 0. The van der Waals surface area contributed by atoms with Crippen molar-refractivity contribution in [2.45, 2.75) is 26.4 Å². The summed E-state index contributed by atoms with van der Waals surface area (Å²) in [6.07, 6.45) is 3.28. The molecule has 0 N–H and O–H groups in total. The molecule has 4 nitrogen and oxygen atoms in total. The SMILES string of the molecule is C=CC=C.[C]N=N[C]OOC(C)(C)C. The molecule has 0 heterocycles. The summed E-state index contributed by atoms with van der Waals surface area (Å²) in [5.74, 6) is 0. The normalized spacial score (nSPS) is 10.6. The second-order valence-electron chi connectivity index (χ2n) is 3.04. The maximum Gasteiger partial charge on any atom is 0.329 e. The number of nitrogens with zero attached hydrogens (tertiary/aromatic N) is 2. The van der Waals surface area contributed by atoms with Crippen LogP contribution in [0.4, 0.5) is 0 Å². The first-order valence-electron chi connectivity index (χ1n) is 3.87. The van der Waals surface area contributed by atoms with Gasteiger partial charge in [-0.25, -0.2) is 4.89 Å². The van der Waals surface area contributed by atoms with Crippen molar-refractivity contribution in [3.8, 4) is 0 Å². The fraction of sp³-hybridized carbons (Fsp3) is 0.400. The van der Waals surface area contributed by atoms with E-state index >= 15 is 0 Å². The first kappa shape index (κ1) is 15.5. The van der Waals surface area contributed by atoms with Crippen LogP contribution in [0.2, 0.25) is 0 Å². The summed E-state index contributed by atoms with van der Waals surface area (Å²) in [6.45, 7) is 14.1. The highest BCUT2D eigenvalue weighted by molar-refractivity contribution is 4.88. The molecule has 0 atom stereocenters. The molecule has 0 spiro atoms. The van der Waals surface area contributed by atoms with Gasteiger partial charge >= 0.3 is 6.73 Å². The molecule has 0 unspecified atom stereocenters. The third kappa shape index (κ3) is 22.4. The zero-order valence-corrected chi connectivity index (χ0v) is 8.78. The molecule has 0 aromatic carbocycles. The predicted octanol–water partition coefficient (Wildman–Crippen LogP) is 3.09. The topological polar surface area (TPSA) is 43.2 Å². The molecule has 0 bridgehead atoms. The van der Waals surface area contributed by atoms with Crippen LogP contribution in [0.15, 0.2) is 35.5 Å². The first-order valence-corrected chi connectivity index (χ1v) is 3.87. The minimum absolute atomic E-state index is 0.398. The molecule has 0 saturated carbocycles. The Balaban J connectivity index is 0. The molecule has 4 heteroatoms. The Morgan fingerprint density at radius 2 is 1.79 bits per heavy atom. The lowest BCUT2D eigenvalue weighted by Crippen LogP contribution is -2.18. The molecule has 0 saturated heterocycles. The van der Waals surface area contributed by atoms with Gasteiger partial charge in [-0.2, -0.15) is 10.0 Å². The smallest absolute Gasteiger partial charge is 0.228 e. The lowest BCUT2D eigenvalue weighted by atomic mass is 10.2. The van der Waals surface area contributed by atoms with Crippen LogP contribution in [0, 0.1) is 13.8 Å². The third-order valence-corrected chi connectivity index (χ3v) is 0.586. The Bertz CT molecular complexity index is 165. The lowest BCUT2D eigenvalue weighted by Gasteiger charge is -2.15. The van der Waals surface area contributed by atoms with Crippen molar-refractivity contribution in [2.24, 2.45) is 10.2 Å². The average molecular weight is 195 g/mol. The highest BCUT2D eigenvalue weighted by Gasteiger charge is 2.11. The molecule has 0 aromatic rings. The zero-order chi connectivity index (χ0) is 11.4. The average Bonchev–Trinajstić information content (AvgIpc) is 2.11. The largest absolute Gasteiger partial charge is 0.329 e. The Labute approximate surface area is 86.3 Å². The molecule has 14 heavy (non-hydrogen) atoms. The van der Waals surface area contributed by atoms with E-state index in [2.05, 4.69) is 33.2 Å². The van der Waals surface area contributed by atoms with Crippen LogP contribution < -0.4 is 0 Å². The van der Waals surface area contributed by atoms with E-state index in [9.17, 15) is 0 Å². The van der Waals surface area contributed by atoms with Crippen LogP contribution in [0.1, 0.15) is 20.8 Å². The Morgan fingerprint density at radius 3 is 2.07 bits per heavy atom. The number of hydrogen-bond acceptors (Lipinski definition) is 4. The number of rotatable bonds is 4. The van der Waals surface area contributed by atoms with Gasteiger partial charge in [0.15, 0.2) is 7.05 Å². The second kappa shape index (κ2) is 10.1. The molecule has 0 aliphatic heterocycles. The van der Waals surface area contributed by atoms with Gasteiger partial charge in [0.2, 0.25) is 0 Å². The fourth-order valence-corrected chi connectivity index (χ4v) is 0.181. The summed E-state index contributed by atoms with van der Waals surface area (Å²) in [4.78, 5) is 8.99. The highest BCUT2D eigenvalue weighted by atomic mass is 17.2. The van der Waals surface area contributed by atoms with Crippen molar-refractivity contribution in [2.75, 3.05) is 0 Å². The van der Waals surface area contributed by atoms with Crippen molar-refractivity contribution in [1.29, 1.82) is 0 Å². The summed E-state index contributed by atoms with van der Waals surface area (Å²) >= 11 is 0. The third-order valence-electron chi connectivity index (χ3n) is 0.586. The Kier molecular flexibility index (Phi) is 11.1. The van der Waals surface area contributed by atoms with Crippen molar-refractivity contribution < 1.29 is 9.78 Å². The molecule has 0 rings (SSSR count). The second-order valence-corrected chi connectivity index (χ2v) is 3.04. The van der Waals surface area contributed by atoms with E-state index in [0.717, 1.165) is 0 Å². The van der Waals surface area contributed by atoms with E-state index in [-0.39, 0.29) is 0 Å². The Hall–Kier alpha value is -1.00. The Morgan fingerprint density at radius 1 is 1.29 bits per heavy atom. The molecule has 0 aromatic heterocycles. The van der Waals surface area contributed by atoms with Gasteiger partial charge in [0.25, 0.3) is 0 Å². The minimum atomic E-state index is -0.398. The van der Waals surface area contributed by atoms with E-state index < -0.39 is 5.60 Å². The zero-order valence-electron chi connectivity index (χ0n) is 8.78. The van der Waals surface area contributed by atoms with Gasteiger partial charge in [0.05, 0.1) is 5.60 Å². The van der Waals surface area contributed by atoms with Gasteiger partial charge in [0.1, 0.15) is 0 Å². The first-order chi connectivity index (χ1) is 6.47. The molecule has 77 valence electrons.